The molecule has 0 aromatic carbocycles. The third kappa shape index (κ3) is 1.09. The standard InChI is InChI=1S/C11H14N2O/c12-8-1-2-10-9(5-8)11-7(6-13-10)3-4-14-11/h1-2,5,7,10,13H,3-4,6,12H2. The van der Waals surface area contributed by atoms with Crippen molar-refractivity contribution in [2.75, 3.05) is 13.2 Å². The number of nitrogens with two attached hydrogens (primary N) is 1. The predicted octanol–water partition coefficient (Wildman–Crippen LogP) is 0.661. The van der Waals surface area contributed by atoms with Crippen molar-refractivity contribution in [2.24, 2.45) is 11.7 Å². The summed E-state index contributed by atoms with van der Waals surface area (Å²) in [4.78, 5) is 0. The number of allylic oxidation sites excluding steroid dienone is 1. The van der Waals surface area contributed by atoms with Crippen molar-refractivity contribution in [1.29, 1.82) is 0 Å². The third-order valence-electron chi connectivity index (χ3n) is 3.10. The summed E-state index contributed by atoms with van der Waals surface area (Å²) in [6.45, 7) is 1.89. The van der Waals surface area contributed by atoms with E-state index >= 15 is 0 Å². The summed E-state index contributed by atoms with van der Waals surface area (Å²) in [5.41, 5.74) is 7.84. The molecule has 2 unspecified atom stereocenters. The highest BCUT2D eigenvalue weighted by molar-refractivity contribution is 5.44. The number of hydrogen-bond acceptors (Lipinski definition) is 3. The van der Waals surface area contributed by atoms with Gasteiger partial charge in [-0.2, -0.15) is 0 Å². The second-order valence-corrected chi connectivity index (χ2v) is 4.04. The van der Waals surface area contributed by atoms with Gasteiger partial charge in [-0.15, -0.1) is 0 Å². The summed E-state index contributed by atoms with van der Waals surface area (Å²) in [7, 11) is 0. The Kier molecular flexibility index (Phi) is 1.67. The molecular weight excluding hydrogens is 176 g/mol. The number of hydrogen-bond donors (Lipinski definition) is 2. The summed E-state index contributed by atoms with van der Waals surface area (Å²) in [5.74, 6) is 1.73. The molecule has 2 heterocycles. The fourth-order valence-corrected chi connectivity index (χ4v) is 2.37. The number of nitrogens with one attached hydrogen (secondary N) is 1. The zero-order chi connectivity index (χ0) is 9.54. The van der Waals surface area contributed by atoms with Gasteiger partial charge in [0, 0.05) is 23.7 Å². The smallest absolute Gasteiger partial charge is 0.106 e. The van der Waals surface area contributed by atoms with Gasteiger partial charge in [0.1, 0.15) is 5.76 Å². The van der Waals surface area contributed by atoms with Crippen LogP contribution in [0.25, 0.3) is 0 Å². The Morgan fingerprint density at radius 2 is 2.43 bits per heavy atom. The monoisotopic (exact) mass is 190 g/mol. The molecule has 3 rings (SSSR count). The first-order chi connectivity index (χ1) is 6.84. The van der Waals surface area contributed by atoms with Crippen LogP contribution in [-0.2, 0) is 4.74 Å². The highest BCUT2D eigenvalue weighted by atomic mass is 16.5. The van der Waals surface area contributed by atoms with Gasteiger partial charge in [0.05, 0.1) is 12.6 Å². The molecule has 0 bridgehead atoms. The summed E-state index contributed by atoms with van der Waals surface area (Å²) in [6.07, 6.45) is 7.23. The minimum absolute atomic E-state index is 0.312. The van der Waals surface area contributed by atoms with E-state index in [2.05, 4.69) is 11.4 Å². The summed E-state index contributed by atoms with van der Waals surface area (Å²) in [6, 6.07) is 0.312. The van der Waals surface area contributed by atoms with Crippen molar-refractivity contribution in [3.63, 3.8) is 0 Å². The van der Waals surface area contributed by atoms with Crippen molar-refractivity contribution in [2.45, 2.75) is 12.5 Å². The average Bonchev–Trinajstić information content (AvgIpc) is 2.65. The van der Waals surface area contributed by atoms with Gasteiger partial charge in [-0.1, -0.05) is 6.08 Å². The van der Waals surface area contributed by atoms with Crippen molar-refractivity contribution in [3.05, 3.63) is 35.3 Å². The quantitative estimate of drug-likeness (QED) is 0.590. The average molecular weight is 190 g/mol. The molecule has 0 aromatic rings. The Morgan fingerprint density at radius 1 is 1.50 bits per heavy atom. The highest BCUT2D eigenvalue weighted by Crippen LogP contribution is 2.34. The van der Waals surface area contributed by atoms with Gasteiger partial charge in [-0.05, 0) is 18.6 Å². The molecule has 2 atom stereocenters. The summed E-state index contributed by atoms with van der Waals surface area (Å²) < 4.78 is 5.68. The van der Waals surface area contributed by atoms with E-state index in [0.717, 1.165) is 25.3 Å². The van der Waals surface area contributed by atoms with Crippen LogP contribution in [-0.4, -0.2) is 19.2 Å². The van der Waals surface area contributed by atoms with Crippen molar-refractivity contribution < 1.29 is 4.74 Å². The van der Waals surface area contributed by atoms with E-state index < -0.39 is 0 Å². The maximum Gasteiger partial charge on any atom is 0.106 e. The van der Waals surface area contributed by atoms with Gasteiger partial charge < -0.3 is 15.8 Å². The number of fused-ring (bicyclic) bond motifs is 2. The fraction of sp³-hybridized carbons (Fsp3) is 0.455. The molecule has 0 spiro atoms. The second kappa shape index (κ2) is 2.89. The van der Waals surface area contributed by atoms with Crippen LogP contribution in [0.3, 0.4) is 0 Å². The zero-order valence-corrected chi connectivity index (χ0v) is 7.99. The molecular formula is C11H14N2O. The van der Waals surface area contributed by atoms with E-state index in [0.29, 0.717) is 12.0 Å². The van der Waals surface area contributed by atoms with Crippen LogP contribution in [0, 0.1) is 5.92 Å². The van der Waals surface area contributed by atoms with Crippen LogP contribution in [0.1, 0.15) is 6.42 Å². The lowest BCUT2D eigenvalue weighted by molar-refractivity contribution is 0.248. The molecule has 3 nitrogen and oxygen atoms in total. The lowest BCUT2D eigenvalue weighted by atomic mass is 9.89. The van der Waals surface area contributed by atoms with Gasteiger partial charge in [0.25, 0.3) is 0 Å². The van der Waals surface area contributed by atoms with E-state index in [1.165, 1.54) is 11.3 Å². The lowest BCUT2D eigenvalue weighted by Crippen LogP contribution is -2.39. The molecule has 3 heteroatoms. The van der Waals surface area contributed by atoms with Crippen LogP contribution in [0.2, 0.25) is 0 Å². The topological polar surface area (TPSA) is 47.3 Å². The van der Waals surface area contributed by atoms with Crippen molar-refractivity contribution >= 4 is 0 Å². The Bertz CT molecular complexity index is 354. The maximum atomic E-state index is 5.78. The van der Waals surface area contributed by atoms with Gasteiger partial charge >= 0.3 is 0 Å². The minimum Gasteiger partial charge on any atom is -0.497 e. The Morgan fingerprint density at radius 3 is 3.36 bits per heavy atom. The molecule has 2 aliphatic heterocycles. The first kappa shape index (κ1) is 8.12. The molecule has 1 fully saturated rings. The van der Waals surface area contributed by atoms with Crippen LogP contribution < -0.4 is 11.1 Å². The van der Waals surface area contributed by atoms with E-state index in [4.69, 9.17) is 10.5 Å². The summed E-state index contributed by atoms with van der Waals surface area (Å²) in [5, 5.41) is 3.49. The Labute approximate surface area is 83.3 Å². The first-order valence-corrected chi connectivity index (χ1v) is 5.10. The molecule has 1 aliphatic carbocycles. The maximum absolute atomic E-state index is 5.78. The number of ether oxygens (including phenoxy) is 1. The molecule has 74 valence electrons. The van der Waals surface area contributed by atoms with E-state index in [1.807, 2.05) is 12.2 Å². The fourth-order valence-electron chi connectivity index (χ4n) is 2.37. The van der Waals surface area contributed by atoms with Crippen LogP contribution in [0.4, 0.5) is 0 Å². The number of rotatable bonds is 0. The van der Waals surface area contributed by atoms with Crippen LogP contribution >= 0.6 is 0 Å². The van der Waals surface area contributed by atoms with E-state index in [-0.39, 0.29) is 0 Å². The predicted molar refractivity (Wildman–Crippen MR) is 54.3 cm³/mol. The largest absolute Gasteiger partial charge is 0.497 e. The summed E-state index contributed by atoms with van der Waals surface area (Å²) >= 11 is 0. The second-order valence-electron chi connectivity index (χ2n) is 4.04. The molecule has 0 radical (unpaired) electrons. The van der Waals surface area contributed by atoms with Crippen molar-refractivity contribution in [3.8, 4) is 0 Å². The lowest BCUT2D eigenvalue weighted by Gasteiger charge is -2.29. The van der Waals surface area contributed by atoms with Crippen LogP contribution in [0.5, 0.6) is 0 Å². The molecule has 0 amide bonds. The van der Waals surface area contributed by atoms with E-state index in [9.17, 15) is 0 Å². The minimum atomic E-state index is 0.312. The molecule has 0 saturated carbocycles. The van der Waals surface area contributed by atoms with Gasteiger partial charge in [-0.3, -0.25) is 0 Å². The van der Waals surface area contributed by atoms with Gasteiger partial charge in [-0.25, -0.2) is 0 Å². The van der Waals surface area contributed by atoms with Gasteiger partial charge in [0.15, 0.2) is 0 Å². The van der Waals surface area contributed by atoms with Gasteiger partial charge in [0.2, 0.25) is 0 Å². The van der Waals surface area contributed by atoms with E-state index in [1.54, 1.807) is 0 Å². The molecule has 1 saturated heterocycles. The molecule has 0 aromatic heterocycles. The van der Waals surface area contributed by atoms with Crippen molar-refractivity contribution in [1.82, 2.24) is 5.32 Å². The van der Waals surface area contributed by atoms with Crippen LogP contribution in [0.15, 0.2) is 35.3 Å². The molecule has 3 aliphatic rings. The Hall–Kier alpha value is -1.22. The zero-order valence-electron chi connectivity index (χ0n) is 7.99. The first-order valence-electron chi connectivity index (χ1n) is 5.10. The Balaban J connectivity index is 2.06. The SMILES string of the molecule is NC1=CC2=C3OCCC3CNC2C=C1. The highest BCUT2D eigenvalue weighted by Gasteiger charge is 2.33. The molecule has 14 heavy (non-hydrogen) atoms. The molecule has 3 N–H and O–H groups in total. The normalized spacial score (nSPS) is 34.7. The third-order valence-corrected chi connectivity index (χ3v) is 3.10.